The number of nitrogens with zero attached hydrogens (tertiary/aromatic N) is 1. The molecular weight excluding hydrogens is 258 g/mol. The van der Waals surface area contributed by atoms with Gasteiger partial charge >= 0.3 is 0 Å². The molecule has 0 aromatic carbocycles. The fourth-order valence-electron chi connectivity index (χ4n) is 2.27. The van der Waals surface area contributed by atoms with Gasteiger partial charge in [-0.2, -0.15) is 0 Å². The Bertz CT molecular complexity index is 504. The van der Waals surface area contributed by atoms with Crippen LogP contribution in [0.5, 0.6) is 0 Å². The Labute approximate surface area is 117 Å². The molecule has 0 unspecified atom stereocenters. The lowest BCUT2D eigenvalue weighted by Gasteiger charge is -2.28. The third-order valence-electron chi connectivity index (χ3n) is 3.30. The first-order valence-electron chi connectivity index (χ1n) is 6.73. The van der Waals surface area contributed by atoms with Crippen molar-refractivity contribution in [3.63, 3.8) is 0 Å². The van der Waals surface area contributed by atoms with Crippen LogP contribution in [0.15, 0.2) is 18.3 Å². The summed E-state index contributed by atoms with van der Waals surface area (Å²) in [6.45, 7) is 4.01. The molecule has 1 aromatic heterocycles. The smallest absolute Gasteiger partial charge is 0.231 e. The standard InChI is InChI=1S/C14H19N3O3/c1-9-11(5-4-8-20-9)14(19)17-13-12(16-10(2)18)6-3-7-15-13/h3,6-7,9,11H,4-5,8H2,1-2H3,(H,16,18)(H,15,17,19)/t9-,11-/m0/s1. The number of pyridine rings is 1. The van der Waals surface area contributed by atoms with Crippen molar-refractivity contribution < 1.29 is 14.3 Å². The monoisotopic (exact) mass is 277 g/mol. The highest BCUT2D eigenvalue weighted by Gasteiger charge is 2.29. The topological polar surface area (TPSA) is 80.3 Å². The Kier molecular flexibility index (Phi) is 4.68. The quantitative estimate of drug-likeness (QED) is 0.882. The maximum absolute atomic E-state index is 12.3. The SMILES string of the molecule is CC(=O)Nc1cccnc1NC(=O)[C@H]1CCCO[C@H]1C. The number of hydrogen-bond donors (Lipinski definition) is 2. The van der Waals surface area contributed by atoms with Crippen LogP contribution in [0.2, 0.25) is 0 Å². The van der Waals surface area contributed by atoms with Crippen molar-refractivity contribution in [2.45, 2.75) is 32.8 Å². The molecule has 2 amide bonds. The van der Waals surface area contributed by atoms with Gasteiger partial charge < -0.3 is 15.4 Å². The van der Waals surface area contributed by atoms with Gasteiger partial charge in [-0.25, -0.2) is 4.98 Å². The highest BCUT2D eigenvalue weighted by molar-refractivity contribution is 5.98. The molecule has 1 aromatic rings. The number of nitrogens with one attached hydrogen (secondary N) is 2. The first kappa shape index (κ1) is 14.5. The molecule has 2 heterocycles. The Balaban J connectivity index is 2.09. The van der Waals surface area contributed by atoms with Crippen molar-refractivity contribution in [3.8, 4) is 0 Å². The molecule has 1 fully saturated rings. The number of aromatic nitrogens is 1. The van der Waals surface area contributed by atoms with Gasteiger partial charge in [0.05, 0.1) is 17.7 Å². The maximum Gasteiger partial charge on any atom is 0.231 e. The molecule has 1 saturated heterocycles. The van der Waals surface area contributed by atoms with Gasteiger partial charge in [0, 0.05) is 19.7 Å². The second-order valence-corrected chi connectivity index (χ2v) is 4.89. The molecular formula is C14H19N3O3. The zero-order chi connectivity index (χ0) is 14.5. The highest BCUT2D eigenvalue weighted by Crippen LogP contribution is 2.24. The van der Waals surface area contributed by atoms with E-state index in [0.717, 1.165) is 12.8 Å². The lowest BCUT2D eigenvalue weighted by molar-refractivity contribution is -0.128. The van der Waals surface area contributed by atoms with Crippen LogP contribution < -0.4 is 10.6 Å². The van der Waals surface area contributed by atoms with Crippen molar-refractivity contribution in [1.29, 1.82) is 0 Å². The van der Waals surface area contributed by atoms with E-state index >= 15 is 0 Å². The van der Waals surface area contributed by atoms with Gasteiger partial charge in [-0.15, -0.1) is 0 Å². The van der Waals surface area contributed by atoms with E-state index in [-0.39, 0.29) is 23.8 Å². The molecule has 6 nitrogen and oxygen atoms in total. The summed E-state index contributed by atoms with van der Waals surface area (Å²) in [6, 6.07) is 3.40. The van der Waals surface area contributed by atoms with Gasteiger partial charge in [0.1, 0.15) is 0 Å². The minimum Gasteiger partial charge on any atom is -0.378 e. The van der Waals surface area contributed by atoms with Crippen LogP contribution in [-0.4, -0.2) is 29.5 Å². The summed E-state index contributed by atoms with van der Waals surface area (Å²) in [5.74, 6) is -0.147. The fourth-order valence-corrected chi connectivity index (χ4v) is 2.27. The largest absolute Gasteiger partial charge is 0.378 e. The number of carbonyl (C=O) groups is 2. The van der Waals surface area contributed by atoms with Crippen LogP contribution in [0.25, 0.3) is 0 Å². The van der Waals surface area contributed by atoms with E-state index in [2.05, 4.69) is 15.6 Å². The van der Waals surface area contributed by atoms with Crippen LogP contribution in [0.4, 0.5) is 11.5 Å². The summed E-state index contributed by atoms with van der Waals surface area (Å²) in [7, 11) is 0. The molecule has 2 atom stereocenters. The number of hydrogen-bond acceptors (Lipinski definition) is 4. The second kappa shape index (κ2) is 6.47. The predicted molar refractivity (Wildman–Crippen MR) is 75.3 cm³/mol. The summed E-state index contributed by atoms with van der Waals surface area (Å²) in [4.78, 5) is 27.5. The fraction of sp³-hybridized carbons (Fsp3) is 0.500. The molecule has 0 bridgehead atoms. The van der Waals surface area contributed by atoms with Gasteiger partial charge in [0.25, 0.3) is 0 Å². The molecule has 0 spiro atoms. The van der Waals surface area contributed by atoms with Crippen LogP contribution in [0.3, 0.4) is 0 Å². The lowest BCUT2D eigenvalue weighted by atomic mass is 9.94. The summed E-state index contributed by atoms with van der Waals surface area (Å²) in [5, 5.41) is 5.42. The van der Waals surface area contributed by atoms with E-state index < -0.39 is 0 Å². The van der Waals surface area contributed by atoms with Gasteiger partial charge in [-0.05, 0) is 31.9 Å². The van der Waals surface area contributed by atoms with Gasteiger partial charge in [0.15, 0.2) is 5.82 Å². The molecule has 108 valence electrons. The summed E-state index contributed by atoms with van der Waals surface area (Å²) >= 11 is 0. The lowest BCUT2D eigenvalue weighted by Crippen LogP contribution is -2.36. The minimum atomic E-state index is -0.206. The Morgan fingerprint density at radius 2 is 2.20 bits per heavy atom. The van der Waals surface area contributed by atoms with Crippen molar-refractivity contribution >= 4 is 23.3 Å². The van der Waals surface area contributed by atoms with Gasteiger partial charge in [0.2, 0.25) is 11.8 Å². The van der Waals surface area contributed by atoms with Crippen LogP contribution in [-0.2, 0) is 14.3 Å². The van der Waals surface area contributed by atoms with E-state index in [1.54, 1.807) is 18.3 Å². The number of ether oxygens (including phenoxy) is 1. The van der Waals surface area contributed by atoms with Crippen molar-refractivity contribution in [1.82, 2.24) is 4.98 Å². The minimum absolute atomic E-state index is 0.100. The van der Waals surface area contributed by atoms with Gasteiger partial charge in [-0.1, -0.05) is 0 Å². The molecule has 1 aliphatic rings. The zero-order valence-electron chi connectivity index (χ0n) is 11.7. The number of amides is 2. The molecule has 20 heavy (non-hydrogen) atoms. The maximum atomic E-state index is 12.3. The van der Waals surface area contributed by atoms with Crippen LogP contribution in [0.1, 0.15) is 26.7 Å². The average molecular weight is 277 g/mol. The predicted octanol–water partition coefficient (Wildman–Crippen LogP) is 1.79. The van der Waals surface area contributed by atoms with Crippen LogP contribution in [0, 0.1) is 5.92 Å². The Morgan fingerprint density at radius 3 is 2.90 bits per heavy atom. The molecule has 0 aliphatic carbocycles. The molecule has 1 aliphatic heterocycles. The zero-order valence-corrected chi connectivity index (χ0v) is 11.7. The average Bonchev–Trinajstić information content (AvgIpc) is 2.41. The van der Waals surface area contributed by atoms with E-state index in [1.807, 2.05) is 6.92 Å². The molecule has 0 saturated carbocycles. The van der Waals surface area contributed by atoms with E-state index in [4.69, 9.17) is 4.74 Å². The first-order valence-corrected chi connectivity index (χ1v) is 6.73. The molecule has 2 rings (SSSR count). The normalized spacial score (nSPS) is 22.1. The summed E-state index contributed by atoms with van der Waals surface area (Å²) in [6.07, 6.45) is 3.15. The summed E-state index contributed by atoms with van der Waals surface area (Å²) in [5.41, 5.74) is 0.498. The van der Waals surface area contributed by atoms with Crippen molar-refractivity contribution in [2.75, 3.05) is 17.2 Å². The summed E-state index contributed by atoms with van der Waals surface area (Å²) < 4.78 is 5.49. The van der Waals surface area contributed by atoms with Gasteiger partial charge in [-0.3, -0.25) is 9.59 Å². The number of carbonyl (C=O) groups excluding carboxylic acids is 2. The third kappa shape index (κ3) is 3.54. The number of rotatable bonds is 3. The van der Waals surface area contributed by atoms with E-state index in [0.29, 0.717) is 18.1 Å². The van der Waals surface area contributed by atoms with Crippen molar-refractivity contribution in [3.05, 3.63) is 18.3 Å². The molecule has 6 heteroatoms. The number of anilines is 2. The molecule has 2 N–H and O–H groups in total. The van der Waals surface area contributed by atoms with E-state index in [1.165, 1.54) is 6.92 Å². The third-order valence-corrected chi connectivity index (χ3v) is 3.30. The Morgan fingerprint density at radius 1 is 1.40 bits per heavy atom. The Hall–Kier alpha value is -1.95. The van der Waals surface area contributed by atoms with Crippen molar-refractivity contribution in [2.24, 2.45) is 5.92 Å². The molecule has 0 radical (unpaired) electrons. The van der Waals surface area contributed by atoms with Crippen LogP contribution >= 0.6 is 0 Å². The highest BCUT2D eigenvalue weighted by atomic mass is 16.5. The first-order chi connectivity index (χ1) is 9.58. The van der Waals surface area contributed by atoms with E-state index in [9.17, 15) is 9.59 Å². The second-order valence-electron chi connectivity index (χ2n) is 4.89.